The van der Waals surface area contributed by atoms with E-state index in [1.807, 2.05) is 30.3 Å². The highest BCUT2D eigenvalue weighted by atomic mass is 32.1. The Balaban J connectivity index is 1.62. The molecular weight excluding hydrogens is 702 g/mol. The second-order valence-corrected chi connectivity index (χ2v) is 14.5. The Labute approximate surface area is 313 Å². The van der Waals surface area contributed by atoms with Crippen LogP contribution in [0.1, 0.15) is 73.2 Å². The lowest BCUT2D eigenvalue weighted by atomic mass is 10.0. The molecule has 15 heteroatoms. The van der Waals surface area contributed by atoms with Gasteiger partial charge in [-0.05, 0) is 62.3 Å². The summed E-state index contributed by atoms with van der Waals surface area (Å²) in [7, 11) is 1.54. The summed E-state index contributed by atoms with van der Waals surface area (Å²) in [6.07, 6.45) is 1.43. The zero-order valence-electron chi connectivity index (χ0n) is 30.7. The minimum Gasteiger partial charge on any atom is -0.345 e. The summed E-state index contributed by atoms with van der Waals surface area (Å²) in [5, 5.41) is 13.0. The number of nitrogens with one attached hydrogen (secondary N) is 4. The number of rotatable bonds is 7. The maximum atomic E-state index is 13.7. The fourth-order valence-corrected chi connectivity index (χ4v) is 6.64. The fraction of sp³-hybridized carbons (Fsp3) is 0.447. The Bertz CT molecular complexity index is 1750. The van der Waals surface area contributed by atoms with E-state index in [4.69, 9.17) is 0 Å². The molecule has 4 rings (SSSR count). The SMILES string of the molecule is CC(C)[C@@H]1NC(=O)[C@H](C)NC(=O)c2csc(n2)[C@H](Cc2ccccc2)NC(=O)CN(C(=O)CCCc2ccc(F)cc2)CCN(C)C(=O)[C@@H](C)NC1=O. The third-order valence-electron chi connectivity index (χ3n) is 8.93. The molecule has 2 bridgehead atoms. The van der Waals surface area contributed by atoms with Crippen molar-refractivity contribution >= 4 is 46.8 Å². The first-order chi connectivity index (χ1) is 25.2. The maximum Gasteiger partial charge on any atom is 0.271 e. The minimum atomic E-state index is -1.03. The number of likely N-dealkylation sites (N-methyl/N-ethyl adjacent to an activating group) is 1. The van der Waals surface area contributed by atoms with Gasteiger partial charge in [0.1, 0.15) is 34.6 Å². The molecule has 0 fully saturated rings. The van der Waals surface area contributed by atoms with E-state index in [1.165, 1.54) is 47.1 Å². The van der Waals surface area contributed by atoms with Crippen molar-refractivity contribution in [2.45, 2.75) is 77.5 Å². The van der Waals surface area contributed by atoms with Crippen LogP contribution < -0.4 is 21.3 Å². The van der Waals surface area contributed by atoms with Crippen molar-refractivity contribution in [2.75, 3.05) is 26.7 Å². The number of aromatic nitrogens is 1. The summed E-state index contributed by atoms with van der Waals surface area (Å²) in [5.74, 6) is -3.69. The topological polar surface area (TPSA) is 170 Å². The van der Waals surface area contributed by atoms with Crippen LogP contribution in [0, 0.1) is 11.7 Å². The molecule has 0 aliphatic carbocycles. The summed E-state index contributed by atoms with van der Waals surface area (Å²) in [5.41, 5.74) is 1.82. The average molecular weight is 750 g/mol. The van der Waals surface area contributed by atoms with Gasteiger partial charge in [-0.3, -0.25) is 28.8 Å². The Kier molecular flexibility index (Phi) is 14.6. The Hall–Kier alpha value is -5.18. The largest absolute Gasteiger partial charge is 0.345 e. The summed E-state index contributed by atoms with van der Waals surface area (Å²) in [6, 6.07) is 11.8. The number of aryl methyl sites for hydroxylation is 1. The van der Waals surface area contributed by atoms with E-state index in [9.17, 15) is 33.2 Å². The predicted molar refractivity (Wildman–Crippen MR) is 198 cm³/mol. The van der Waals surface area contributed by atoms with Crippen LogP contribution in [0.2, 0.25) is 0 Å². The second kappa shape index (κ2) is 19.1. The molecule has 0 saturated heterocycles. The number of hydrogen-bond donors (Lipinski definition) is 4. The lowest BCUT2D eigenvalue weighted by Gasteiger charge is -2.29. The van der Waals surface area contributed by atoms with E-state index in [2.05, 4.69) is 26.3 Å². The first kappa shape index (κ1) is 40.6. The molecular formula is C38H48FN7O6S. The molecule has 0 spiro atoms. The van der Waals surface area contributed by atoms with E-state index in [-0.39, 0.29) is 49.4 Å². The number of carbonyl (C=O) groups excluding carboxylic acids is 6. The molecule has 1 aliphatic rings. The Morgan fingerprint density at radius 2 is 1.58 bits per heavy atom. The monoisotopic (exact) mass is 749 g/mol. The van der Waals surface area contributed by atoms with Gasteiger partial charge in [0.15, 0.2) is 0 Å². The van der Waals surface area contributed by atoms with Gasteiger partial charge in [0.25, 0.3) is 5.91 Å². The number of hydrogen-bond acceptors (Lipinski definition) is 8. The normalized spacial score (nSPS) is 21.3. The Morgan fingerprint density at radius 3 is 2.26 bits per heavy atom. The van der Waals surface area contributed by atoms with E-state index in [0.717, 1.165) is 11.1 Å². The van der Waals surface area contributed by atoms with E-state index in [1.54, 1.807) is 38.4 Å². The average Bonchev–Trinajstić information content (AvgIpc) is 3.63. The van der Waals surface area contributed by atoms with Crippen LogP contribution in [-0.2, 0) is 36.8 Å². The first-order valence-corrected chi connectivity index (χ1v) is 18.6. The molecule has 1 aliphatic heterocycles. The zero-order chi connectivity index (χ0) is 38.7. The number of benzene rings is 2. The van der Waals surface area contributed by atoms with Crippen LogP contribution in [0.5, 0.6) is 0 Å². The predicted octanol–water partition coefficient (Wildman–Crippen LogP) is 2.77. The van der Waals surface area contributed by atoms with Gasteiger partial charge in [0.05, 0.1) is 12.6 Å². The van der Waals surface area contributed by atoms with Gasteiger partial charge >= 0.3 is 0 Å². The number of thiazole rings is 1. The molecule has 3 aromatic rings. The van der Waals surface area contributed by atoms with E-state index in [0.29, 0.717) is 24.3 Å². The smallest absolute Gasteiger partial charge is 0.271 e. The van der Waals surface area contributed by atoms with Crippen molar-refractivity contribution < 1.29 is 33.2 Å². The molecule has 53 heavy (non-hydrogen) atoms. The fourth-order valence-electron chi connectivity index (χ4n) is 5.79. The van der Waals surface area contributed by atoms with E-state index < -0.39 is 53.7 Å². The van der Waals surface area contributed by atoms with Crippen LogP contribution in [0.4, 0.5) is 4.39 Å². The van der Waals surface area contributed by atoms with Crippen LogP contribution in [0.25, 0.3) is 0 Å². The second-order valence-electron chi connectivity index (χ2n) is 13.6. The zero-order valence-corrected chi connectivity index (χ0v) is 31.5. The number of amides is 6. The number of carbonyl (C=O) groups is 6. The molecule has 0 radical (unpaired) electrons. The van der Waals surface area contributed by atoms with Crippen LogP contribution in [0.15, 0.2) is 60.0 Å². The standard InChI is InChI=1S/C38H48FN7O6S/c1-23(2)33-36(51)41-25(4)38(52)45(5)18-19-46(32(48)13-9-12-26-14-16-28(39)17-15-26)21-31(47)42-29(20-27-10-7-6-8-11-27)37-43-30(22-53-37)35(50)40-24(3)34(49)44-33/h6-8,10-11,14-17,22-25,29,33H,9,12-13,18-21H2,1-5H3,(H,40,50)(H,41,51)(H,42,47)(H,44,49)/t24-,25+,29-,33-/m0/s1. The number of nitrogens with zero attached hydrogens (tertiary/aromatic N) is 3. The number of fused-ring (bicyclic) bond motifs is 2. The van der Waals surface area contributed by atoms with Gasteiger partial charge in [-0.15, -0.1) is 11.3 Å². The maximum absolute atomic E-state index is 13.7. The molecule has 2 heterocycles. The van der Waals surface area contributed by atoms with Gasteiger partial charge in [0, 0.05) is 31.9 Å². The summed E-state index contributed by atoms with van der Waals surface area (Å²) >= 11 is 1.17. The lowest BCUT2D eigenvalue weighted by molar-refractivity contribution is -0.139. The molecule has 4 atom stereocenters. The molecule has 0 unspecified atom stereocenters. The first-order valence-electron chi connectivity index (χ1n) is 17.7. The van der Waals surface area contributed by atoms with Crippen molar-refractivity contribution in [1.82, 2.24) is 36.1 Å². The van der Waals surface area contributed by atoms with Gasteiger partial charge in [-0.1, -0.05) is 56.3 Å². The van der Waals surface area contributed by atoms with Gasteiger partial charge < -0.3 is 31.1 Å². The van der Waals surface area contributed by atoms with Gasteiger partial charge in [0.2, 0.25) is 29.5 Å². The highest BCUT2D eigenvalue weighted by Gasteiger charge is 2.31. The third kappa shape index (κ3) is 11.9. The van der Waals surface area contributed by atoms with Crippen molar-refractivity contribution in [3.63, 3.8) is 0 Å². The minimum absolute atomic E-state index is 0.0270. The summed E-state index contributed by atoms with van der Waals surface area (Å²) < 4.78 is 13.4. The van der Waals surface area contributed by atoms with Gasteiger partial charge in [-0.2, -0.15) is 0 Å². The van der Waals surface area contributed by atoms with Crippen LogP contribution >= 0.6 is 11.3 Å². The quantitative estimate of drug-likeness (QED) is 0.288. The van der Waals surface area contributed by atoms with Gasteiger partial charge in [-0.25, -0.2) is 9.37 Å². The number of halogens is 1. The van der Waals surface area contributed by atoms with E-state index >= 15 is 0 Å². The highest BCUT2D eigenvalue weighted by Crippen LogP contribution is 2.23. The molecule has 4 N–H and O–H groups in total. The van der Waals surface area contributed by atoms with Crippen molar-refractivity contribution in [3.8, 4) is 0 Å². The molecule has 6 amide bonds. The molecule has 1 aromatic heterocycles. The van der Waals surface area contributed by atoms with Crippen LogP contribution in [0.3, 0.4) is 0 Å². The molecule has 284 valence electrons. The molecule has 0 saturated carbocycles. The van der Waals surface area contributed by atoms with Crippen molar-refractivity contribution in [1.29, 1.82) is 0 Å². The Morgan fingerprint density at radius 1 is 0.887 bits per heavy atom. The molecule has 2 aromatic carbocycles. The lowest BCUT2D eigenvalue weighted by Crippen LogP contribution is -2.57. The summed E-state index contributed by atoms with van der Waals surface area (Å²) in [4.78, 5) is 87.6. The van der Waals surface area contributed by atoms with Crippen LogP contribution in [-0.4, -0.2) is 95.0 Å². The highest BCUT2D eigenvalue weighted by molar-refractivity contribution is 7.09. The van der Waals surface area contributed by atoms with Crippen molar-refractivity contribution in [3.05, 3.63) is 87.6 Å². The van der Waals surface area contributed by atoms with Crippen molar-refractivity contribution in [2.24, 2.45) is 5.92 Å². The third-order valence-corrected chi connectivity index (χ3v) is 9.88. The molecule has 13 nitrogen and oxygen atoms in total. The summed E-state index contributed by atoms with van der Waals surface area (Å²) in [6.45, 7) is 6.28.